The van der Waals surface area contributed by atoms with Gasteiger partial charge in [0, 0.05) is 11.9 Å². The van der Waals surface area contributed by atoms with Crippen LogP contribution in [-0.2, 0) is 11.2 Å². The molecule has 0 saturated heterocycles. The zero-order chi connectivity index (χ0) is 20.6. The van der Waals surface area contributed by atoms with Gasteiger partial charge in [-0.1, -0.05) is 42.5 Å². The Hall–Kier alpha value is -3.21. The summed E-state index contributed by atoms with van der Waals surface area (Å²) in [5.74, 6) is 2.02. The molecule has 0 spiro atoms. The largest absolute Gasteiger partial charge is 0.493 e. The number of hydrogen-bond donors (Lipinski definition) is 1. The summed E-state index contributed by atoms with van der Waals surface area (Å²) in [5.41, 5.74) is 1.14. The highest BCUT2D eigenvalue weighted by atomic mass is 16.5. The summed E-state index contributed by atoms with van der Waals surface area (Å²) >= 11 is 0. The van der Waals surface area contributed by atoms with E-state index >= 15 is 0 Å². The van der Waals surface area contributed by atoms with Crippen molar-refractivity contribution in [3.63, 3.8) is 0 Å². The quantitative estimate of drug-likeness (QED) is 0.549. The Morgan fingerprint density at radius 1 is 0.931 bits per heavy atom. The lowest BCUT2D eigenvalue weighted by Crippen LogP contribution is -2.37. The van der Waals surface area contributed by atoms with Crippen molar-refractivity contribution in [2.75, 3.05) is 20.8 Å². The average molecular weight is 393 g/mol. The molecule has 0 radical (unpaired) electrons. The van der Waals surface area contributed by atoms with E-state index in [0.29, 0.717) is 18.0 Å². The van der Waals surface area contributed by atoms with Crippen LogP contribution >= 0.6 is 0 Å². The van der Waals surface area contributed by atoms with Gasteiger partial charge in [0.2, 0.25) is 0 Å². The van der Waals surface area contributed by atoms with E-state index in [-0.39, 0.29) is 5.91 Å². The maximum atomic E-state index is 12.4. The smallest absolute Gasteiger partial charge is 0.260 e. The van der Waals surface area contributed by atoms with Gasteiger partial charge in [0.25, 0.3) is 5.91 Å². The molecule has 29 heavy (non-hydrogen) atoms. The van der Waals surface area contributed by atoms with E-state index in [1.807, 2.05) is 60.7 Å². The van der Waals surface area contributed by atoms with Crippen LogP contribution in [-0.4, -0.2) is 32.8 Å². The molecular formula is C24H27NO4. The standard InChI is InChI=1S/C24H27NO4/c1-17(29-21-12-6-10-19-9-4-5-11-20(19)21)24(26)25-15-7-8-18-13-14-22(27-2)23(16-18)28-3/h4-6,9-14,16-17H,7-8,15H2,1-3H3,(H,25,26)/t17-/m0/s1. The van der Waals surface area contributed by atoms with E-state index in [2.05, 4.69) is 5.32 Å². The molecular weight excluding hydrogens is 366 g/mol. The van der Waals surface area contributed by atoms with Gasteiger partial charge in [-0.25, -0.2) is 0 Å². The van der Waals surface area contributed by atoms with Crippen LogP contribution in [0.15, 0.2) is 60.7 Å². The second-order valence-electron chi connectivity index (χ2n) is 6.82. The number of amides is 1. The summed E-state index contributed by atoms with van der Waals surface area (Å²) in [7, 11) is 3.24. The summed E-state index contributed by atoms with van der Waals surface area (Å²) < 4.78 is 16.5. The Labute approximate surface area is 171 Å². The zero-order valence-corrected chi connectivity index (χ0v) is 17.1. The number of rotatable bonds is 9. The molecule has 0 aliphatic rings. The Morgan fingerprint density at radius 2 is 1.69 bits per heavy atom. The molecule has 0 aliphatic carbocycles. The van der Waals surface area contributed by atoms with Crippen molar-refractivity contribution >= 4 is 16.7 Å². The summed E-state index contributed by atoms with van der Waals surface area (Å²) in [4.78, 5) is 12.4. The van der Waals surface area contributed by atoms with Crippen molar-refractivity contribution in [1.82, 2.24) is 5.32 Å². The van der Waals surface area contributed by atoms with Crippen LogP contribution in [0.5, 0.6) is 17.2 Å². The first-order valence-electron chi connectivity index (χ1n) is 9.75. The Balaban J connectivity index is 1.49. The van der Waals surface area contributed by atoms with Crippen LogP contribution in [0.2, 0.25) is 0 Å². The van der Waals surface area contributed by atoms with Gasteiger partial charge in [0.1, 0.15) is 5.75 Å². The normalized spacial score (nSPS) is 11.7. The number of nitrogens with one attached hydrogen (secondary N) is 1. The summed E-state index contributed by atoms with van der Waals surface area (Å²) in [5, 5.41) is 5.05. The predicted molar refractivity (Wildman–Crippen MR) is 115 cm³/mol. The molecule has 152 valence electrons. The first kappa shape index (κ1) is 20.5. The van der Waals surface area contributed by atoms with Gasteiger partial charge >= 0.3 is 0 Å². The van der Waals surface area contributed by atoms with Crippen LogP contribution in [0.3, 0.4) is 0 Å². The number of carbonyl (C=O) groups excluding carboxylic acids is 1. The number of ether oxygens (including phenoxy) is 3. The molecule has 5 nitrogen and oxygen atoms in total. The third kappa shape index (κ3) is 5.19. The first-order valence-corrected chi connectivity index (χ1v) is 9.75. The minimum Gasteiger partial charge on any atom is -0.493 e. The van der Waals surface area contributed by atoms with Gasteiger partial charge in [-0.15, -0.1) is 0 Å². The monoisotopic (exact) mass is 393 g/mol. The minimum absolute atomic E-state index is 0.120. The highest BCUT2D eigenvalue weighted by Gasteiger charge is 2.15. The number of carbonyl (C=O) groups is 1. The Kier molecular flexibility index (Phi) is 6.95. The summed E-state index contributed by atoms with van der Waals surface area (Å²) in [6, 6.07) is 19.7. The third-order valence-corrected chi connectivity index (χ3v) is 4.81. The Morgan fingerprint density at radius 3 is 2.48 bits per heavy atom. The molecule has 0 aromatic heterocycles. The number of aryl methyl sites for hydroxylation is 1. The number of methoxy groups -OCH3 is 2. The van der Waals surface area contributed by atoms with Gasteiger partial charge in [0.15, 0.2) is 17.6 Å². The van der Waals surface area contributed by atoms with Crippen LogP contribution in [0.4, 0.5) is 0 Å². The second kappa shape index (κ2) is 9.82. The van der Waals surface area contributed by atoms with Crippen LogP contribution in [0, 0.1) is 0 Å². The molecule has 0 fully saturated rings. The fourth-order valence-electron chi connectivity index (χ4n) is 3.23. The highest BCUT2D eigenvalue weighted by Crippen LogP contribution is 2.28. The molecule has 1 amide bonds. The van der Waals surface area contributed by atoms with Crippen molar-refractivity contribution < 1.29 is 19.0 Å². The Bertz CT molecular complexity index is 965. The lowest BCUT2D eigenvalue weighted by atomic mass is 10.1. The van der Waals surface area contributed by atoms with E-state index in [4.69, 9.17) is 14.2 Å². The average Bonchev–Trinajstić information content (AvgIpc) is 2.76. The third-order valence-electron chi connectivity index (χ3n) is 4.81. The van der Waals surface area contributed by atoms with Gasteiger partial charge < -0.3 is 19.5 Å². The molecule has 0 unspecified atom stereocenters. The van der Waals surface area contributed by atoms with E-state index in [1.165, 1.54) is 0 Å². The summed E-state index contributed by atoms with van der Waals surface area (Å²) in [6.45, 7) is 2.35. The molecule has 1 atom stereocenters. The predicted octanol–water partition coefficient (Wildman–Crippen LogP) is 4.37. The lowest BCUT2D eigenvalue weighted by molar-refractivity contribution is -0.127. The number of hydrogen-bond acceptors (Lipinski definition) is 4. The first-order chi connectivity index (χ1) is 14.1. The molecule has 0 bridgehead atoms. The maximum Gasteiger partial charge on any atom is 0.260 e. The molecule has 0 saturated carbocycles. The molecule has 5 heteroatoms. The summed E-state index contributed by atoms with van der Waals surface area (Å²) in [6.07, 6.45) is 1.09. The van der Waals surface area contributed by atoms with Gasteiger partial charge in [0.05, 0.1) is 14.2 Å². The van der Waals surface area contributed by atoms with E-state index < -0.39 is 6.10 Å². The van der Waals surface area contributed by atoms with Gasteiger partial charge in [-0.05, 0) is 48.9 Å². The lowest BCUT2D eigenvalue weighted by Gasteiger charge is -2.16. The van der Waals surface area contributed by atoms with Crippen LogP contribution < -0.4 is 19.5 Å². The van der Waals surface area contributed by atoms with E-state index in [1.54, 1.807) is 21.1 Å². The molecule has 3 aromatic rings. The van der Waals surface area contributed by atoms with Crippen LogP contribution in [0.25, 0.3) is 10.8 Å². The van der Waals surface area contributed by atoms with Crippen molar-refractivity contribution in [3.8, 4) is 17.2 Å². The zero-order valence-electron chi connectivity index (χ0n) is 17.1. The van der Waals surface area contributed by atoms with Gasteiger partial charge in [-0.2, -0.15) is 0 Å². The second-order valence-corrected chi connectivity index (χ2v) is 6.82. The highest BCUT2D eigenvalue weighted by molar-refractivity contribution is 5.89. The molecule has 3 rings (SSSR count). The minimum atomic E-state index is -0.568. The SMILES string of the molecule is COc1ccc(CCCNC(=O)[C@H](C)Oc2cccc3ccccc23)cc1OC. The van der Waals surface area contributed by atoms with E-state index in [9.17, 15) is 4.79 Å². The molecule has 0 aliphatic heterocycles. The fraction of sp³-hybridized carbons (Fsp3) is 0.292. The number of fused-ring (bicyclic) bond motifs is 1. The molecule has 3 aromatic carbocycles. The van der Waals surface area contributed by atoms with Crippen molar-refractivity contribution in [2.45, 2.75) is 25.9 Å². The topological polar surface area (TPSA) is 56.8 Å². The molecule has 1 N–H and O–H groups in total. The fourth-order valence-corrected chi connectivity index (χ4v) is 3.23. The maximum absolute atomic E-state index is 12.4. The van der Waals surface area contributed by atoms with Crippen molar-refractivity contribution in [3.05, 3.63) is 66.2 Å². The van der Waals surface area contributed by atoms with Gasteiger partial charge in [-0.3, -0.25) is 4.79 Å². The van der Waals surface area contributed by atoms with Crippen LogP contribution in [0.1, 0.15) is 18.9 Å². The molecule has 0 heterocycles. The number of benzene rings is 3. The van der Waals surface area contributed by atoms with E-state index in [0.717, 1.165) is 34.9 Å². The van der Waals surface area contributed by atoms with Crippen molar-refractivity contribution in [1.29, 1.82) is 0 Å². The van der Waals surface area contributed by atoms with Crippen molar-refractivity contribution in [2.24, 2.45) is 0 Å².